The van der Waals surface area contributed by atoms with Gasteiger partial charge in [0.1, 0.15) is 6.10 Å². The maximum atomic E-state index is 11.6. The number of rotatable bonds is 2. The topological polar surface area (TPSA) is 59.3 Å². The summed E-state index contributed by atoms with van der Waals surface area (Å²) in [5, 5.41) is 9.66. The Balaban J connectivity index is 1.58. The van der Waals surface area contributed by atoms with Gasteiger partial charge in [-0.3, -0.25) is 4.79 Å². The lowest BCUT2D eigenvalue weighted by Gasteiger charge is -2.61. The van der Waals surface area contributed by atoms with E-state index >= 15 is 0 Å². The Labute approximate surface area is 164 Å². The maximum Gasteiger partial charge on any atom is 0.302 e. The van der Waals surface area contributed by atoms with Gasteiger partial charge in [0.2, 0.25) is 0 Å². The van der Waals surface area contributed by atoms with Crippen LogP contribution in [0.25, 0.3) is 0 Å². The quantitative estimate of drug-likeness (QED) is 0.657. The summed E-state index contributed by atoms with van der Waals surface area (Å²) in [6.45, 7) is 6.40. The Morgan fingerprint density at radius 3 is 2.44 bits per heavy atom. The molecule has 150 valence electrons. The molecule has 4 aliphatic rings. The zero-order valence-corrected chi connectivity index (χ0v) is 17.4. The first-order chi connectivity index (χ1) is 12.8. The van der Waals surface area contributed by atoms with E-state index in [0.29, 0.717) is 11.8 Å². The van der Waals surface area contributed by atoms with Crippen LogP contribution in [0, 0.1) is 51.8 Å². The van der Waals surface area contributed by atoms with E-state index in [-0.39, 0.29) is 34.9 Å². The summed E-state index contributed by atoms with van der Waals surface area (Å²) < 4.78 is 11.5. The van der Waals surface area contributed by atoms with Crippen LogP contribution in [-0.2, 0) is 14.3 Å². The molecular formula is C23H35NO3. The zero-order valence-electron chi connectivity index (χ0n) is 17.4. The number of carbonyl (C=O) groups is 1. The smallest absolute Gasteiger partial charge is 0.302 e. The maximum absolute atomic E-state index is 11.6. The fourth-order valence-corrected chi connectivity index (χ4v) is 8.02. The van der Waals surface area contributed by atoms with Gasteiger partial charge in [-0.2, -0.15) is 5.26 Å². The summed E-state index contributed by atoms with van der Waals surface area (Å²) in [4.78, 5) is 11.6. The molecule has 9 atom stereocenters. The van der Waals surface area contributed by atoms with Crippen molar-refractivity contribution in [2.75, 3.05) is 7.11 Å². The molecule has 0 aromatic carbocycles. The van der Waals surface area contributed by atoms with Crippen LogP contribution < -0.4 is 0 Å². The predicted octanol–water partition coefficient (Wildman–Crippen LogP) is 4.73. The van der Waals surface area contributed by atoms with Gasteiger partial charge in [0.25, 0.3) is 0 Å². The third kappa shape index (κ3) is 2.84. The van der Waals surface area contributed by atoms with Crippen molar-refractivity contribution in [2.45, 2.75) is 84.3 Å². The molecule has 0 N–H and O–H groups in total. The van der Waals surface area contributed by atoms with Crippen molar-refractivity contribution in [3.63, 3.8) is 0 Å². The summed E-state index contributed by atoms with van der Waals surface area (Å²) in [6, 6.07) is 2.64. The average Bonchev–Trinajstić information content (AvgIpc) is 2.97. The molecule has 0 saturated heterocycles. The van der Waals surface area contributed by atoms with Gasteiger partial charge in [-0.15, -0.1) is 0 Å². The largest absolute Gasteiger partial charge is 0.460 e. The Morgan fingerprint density at radius 2 is 1.78 bits per heavy atom. The van der Waals surface area contributed by atoms with Crippen LogP contribution >= 0.6 is 0 Å². The lowest BCUT2D eigenvalue weighted by molar-refractivity contribution is -0.185. The molecular weight excluding hydrogens is 338 g/mol. The Bertz CT molecular complexity index is 642. The normalized spacial score (nSPS) is 51.4. The van der Waals surface area contributed by atoms with Gasteiger partial charge in [0.05, 0.1) is 18.1 Å². The van der Waals surface area contributed by atoms with Crippen molar-refractivity contribution in [3.05, 3.63) is 0 Å². The number of fused-ring (bicyclic) bond motifs is 5. The van der Waals surface area contributed by atoms with Gasteiger partial charge in [-0.1, -0.05) is 13.8 Å². The first kappa shape index (κ1) is 19.2. The van der Waals surface area contributed by atoms with Gasteiger partial charge in [0.15, 0.2) is 0 Å². The minimum absolute atomic E-state index is 0.0117. The molecule has 4 aliphatic carbocycles. The van der Waals surface area contributed by atoms with Crippen molar-refractivity contribution in [1.29, 1.82) is 5.26 Å². The summed E-state index contributed by atoms with van der Waals surface area (Å²) in [6.07, 6.45) is 9.16. The molecule has 0 bridgehead atoms. The zero-order chi connectivity index (χ0) is 19.4. The summed E-state index contributed by atoms with van der Waals surface area (Å²) >= 11 is 0. The third-order valence-corrected chi connectivity index (χ3v) is 9.41. The van der Waals surface area contributed by atoms with Crippen LogP contribution in [0.4, 0.5) is 0 Å². The van der Waals surface area contributed by atoms with Crippen LogP contribution in [-0.4, -0.2) is 25.3 Å². The van der Waals surface area contributed by atoms with Gasteiger partial charge in [0, 0.05) is 14.0 Å². The van der Waals surface area contributed by atoms with E-state index in [1.807, 2.05) is 0 Å². The van der Waals surface area contributed by atoms with Crippen LogP contribution in [0.2, 0.25) is 0 Å². The fraction of sp³-hybridized carbons (Fsp3) is 0.913. The van der Waals surface area contributed by atoms with E-state index in [2.05, 4.69) is 19.9 Å². The Morgan fingerprint density at radius 1 is 1.04 bits per heavy atom. The molecule has 4 fully saturated rings. The highest BCUT2D eigenvalue weighted by molar-refractivity contribution is 5.66. The molecule has 4 rings (SSSR count). The highest BCUT2D eigenvalue weighted by atomic mass is 16.6. The number of esters is 1. The fourth-order valence-electron chi connectivity index (χ4n) is 8.02. The Hall–Kier alpha value is -1.08. The standard InChI is InChI=1S/C23H35NO3/c1-14(25)27-20-11-15-5-7-17-18-8-6-16(13-24)22(18,2)10-9-19(17)23(15,3)12-21(20)26-4/h15-21H,5-12H2,1-4H3/t15-,16+,17-,18-,19-,20-,21+,22+,23-/m0/s1. The first-order valence-corrected chi connectivity index (χ1v) is 10.9. The number of ether oxygens (including phenoxy) is 2. The summed E-state index contributed by atoms with van der Waals surface area (Å²) in [5.74, 6) is 2.87. The number of nitrogens with zero attached hydrogens (tertiary/aromatic N) is 1. The minimum Gasteiger partial charge on any atom is -0.460 e. The molecule has 4 nitrogen and oxygen atoms in total. The van der Waals surface area contributed by atoms with E-state index in [1.54, 1.807) is 7.11 Å². The van der Waals surface area contributed by atoms with Crippen molar-refractivity contribution < 1.29 is 14.3 Å². The predicted molar refractivity (Wildman–Crippen MR) is 103 cm³/mol. The molecule has 0 aliphatic heterocycles. The van der Waals surface area contributed by atoms with Crippen molar-refractivity contribution >= 4 is 5.97 Å². The number of nitriles is 1. The first-order valence-electron chi connectivity index (χ1n) is 10.9. The second-order valence-electron chi connectivity index (χ2n) is 10.3. The van der Waals surface area contributed by atoms with Gasteiger partial charge >= 0.3 is 5.97 Å². The molecule has 0 amide bonds. The molecule has 0 spiro atoms. The molecule has 0 aromatic heterocycles. The van der Waals surface area contributed by atoms with E-state index in [0.717, 1.165) is 31.1 Å². The van der Waals surface area contributed by atoms with E-state index < -0.39 is 0 Å². The van der Waals surface area contributed by atoms with Crippen LogP contribution in [0.15, 0.2) is 0 Å². The molecule has 27 heavy (non-hydrogen) atoms. The van der Waals surface area contributed by atoms with Crippen molar-refractivity contribution in [2.24, 2.45) is 40.4 Å². The number of methoxy groups -OCH3 is 1. The van der Waals surface area contributed by atoms with Crippen LogP contribution in [0.1, 0.15) is 72.1 Å². The SMILES string of the molecule is CO[C@@H]1C[C@@]2(C)[C@@H](CC[C@@H]3[C@@H]2CC[C@]2(C)[C@@H](C#N)CC[C@@H]32)C[C@@H]1OC(C)=O. The monoisotopic (exact) mass is 373 g/mol. The Kier molecular flexibility index (Phi) is 4.82. The van der Waals surface area contributed by atoms with E-state index in [9.17, 15) is 10.1 Å². The van der Waals surface area contributed by atoms with E-state index in [4.69, 9.17) is 9.47 Å². The van der Waals surface area contributed by atoms with Crippen molar-refractivity contribution in [3.8, 4) is 6.07 Å². The van der Waals surface area contributed by atoms with E-state index in [1.165, 1.54) is 39.0 Å². The molecule has 0 aromatic rings. The van der Waals surface area contributed by atoms with Gasteiger partial charge in [-0.05, 0) is 85.9 Å². The van der Waals surface area contributed by atoms with Crippen LogP contribution in [0.3, 0.4) is 0 Å². The van der Waals surface area contributed by atoms with Crippen LogP contribution in [0.5, 0.6) is 0 Å². The second kappa shape index (κ2) is 6.76. The molecule has 0 radical (unpaired) electrons. The van der Waals surface area contributed by atoms with Gasteiger partial charge in [-0.25, -0.2) is 0 Å². The molecule has 4 heteroatoms. The minimum atomic E-state index is -0.193. The highest BCUT2D eigenvalue weighted by Gasteiger charge is 2.61. The third-order valence-electron chi connectivity index (χ3n) is 9.41. The average molecular weight is 374 g/mol. The lowest BCUT2D eigenvalue weighted by atomic mass is 9.44. The molecule has 0 heterocycles. The van der Waals surface area contributed by atoms with Crippen molar-refractivity contribution in [1.82, 2.24) is 0 Å². The number of carbonyl (C=O) groups excluding carboxylic acids is 1. The molecule has 4 saturated carbocycles. The number of hydrogen-bond donors (Lipinski definition) is 0. The second-order valence-corrected chi connectivity index (χ2v) is 10.3. The highest BCUT2D eigenvalue weighted by Crippen LogP contribution is 2.67. The lowest BCUT2D eigenvalue weighted by Crippen LogP contribution is -2.57. The summed E-state index contributed by atoms with van der Waals surface area (Å²) in [5.41, 5.74) is 0.501. The summed E-state index contributed by atoms with van der Waals surface area (Å²) in [7, 11) is 1.76. The van der Waals surface area contributed by atoms with Gasteiger partial charge < -0.3 is 9.47 Å². The number of hydrogen-bond acceptors (Lipinski definition) is 4. The molecule has 0 unspecified atom stereocenters.